The summed E-state index contributed by atoms with van der Waals surface area (Å²) in [4.78, 5) is 11.7. The van der Waals surface area contributed by atoms with Gasteiger partial charge in [-0.25, -0.2) is 12.8 Å². The number of ketones is 1. The van der Waals surface area contributed by atoms with Gasteiger partial charge in [0.1, 0.15) is 23.9 Å². The van der Waals surface area contributed by atoms with Crippen molar-refractivity contribution in [3.63, 3.8) is 0 Å². The SMILES string of the molecule is COc1ccccc1N(CCOc1ccccc1C(C)=O)S(=O)(=O)c1ccc(F)cc1. The van der Waals surface area contributed by atoms with Crippen LogP contribution in [-0.4, -0.2) is 34.5 Å². The van der Waals surface area contributed by atoms with Crippen LogP contribution in [0.25, 0.3) is 0 Å². The molecule has 8 heteroatoms. The molecular weight excluding hydrogens is 421 g/mol. The molecule has 3 aromatic carbocycles. The first kappa shape index (κ1) is 22.3. The largest absolute Gasteiger partial charge is 0.495 e. The van der Waals surface area contributed by atoms with Crippen molar-refractivity contribution in [2.45, 2.75) is 11.8 Å². The first-order valence-corrected chi connectivity index (χ1v) is 10.9. The molecule has 3 aromatic rings. The van der Waals surface area contributed by atoms with Crippen LogP contribution >= 0.6 is 0 Å². The molecule has 0 unspecified atom stereocenters. The van der Waals surface area contributed by atoms with E-state index in [9.17, 15) is 17.6 Å². The number of anilines is 1. The van der Waals surface area contributed by atoms with Gasteiger partial charge in [0.15, 0.2) is 5.78 Å². The van der Waals surface area contributed by atoms with Crippen molar-refractivity contribution in [2.75, 3.05) is 24.6 Å². The average Bonchev–Trinajstić information content (AvgIpc) is 2.77. The number of ether oxygens (including phenoxy) is 2. The quantitative estimate of drug-likeness (QED) is 0.461. The Kier molecular flexibility index (Phi) is 6.91. The van der Waals surface area contributed by atoms with Gasteiger partial charge in [0, 0.05) is 0 Å². The number of methoxy groups -OCH3 is 1. The van der Waals surface area contributed by atoms with E-state index in [2.05, 4.69) is 0 Å². The van der Waals surface area contributed by atoms with Crippen molar-refractivity contribution in [1.82, 2.24) is 0 Å². The van der Waals surface area contributed by atoms with E-state index in [-0.39, 0.29) is 23.8 Å². The Morgan fingerprint density at radius 3 is 2.19 bits per heavy atom. The normalized spacial score (nSPS) is 11.1. The lowest BCUT2D eigenvalue weighted by Crippen LogP contribution is -2.35. The molecule has 0 saturated heterocycles. The zero-order valence-corrected chi connectivity index (χ0v) is 17.9. The molecule has 0 saturated carbocycles. The average molecular weight is 443 g/mol. The molecule has 0 amide bonds. The third-order valence-electron chi connectivity index (χ3n) is 4.57. The summed E-state index contributed by atoms with van der Waals surface area (Å²) < 4.78 is 52.3. The summed E-state index contributed by atoms with van der Waals surface area (Å²) in [5.41, 5.74) is 0.727. The third-order valence-corrected chi connectivity index (χ3v) is 6.40. The van der Waals surface area contributed by atoms with Crippen molar-refractivity contribution in [2.24, 2.45) is 0 Å². The fourth-order valence-corrected chi connectivity index (χ4v) is 4.52. The Morgan fingerprint density at radius 2 is 1.55 bits per heavy atom. The van der Waals surface area contributed by atoms with Crippen molar-refractivity contribution in [3.05, 3.63) is 84.2 Å². The van der Waals surface area contributed by atoms with Crippen LogP contribution in [-0.2, 0) is 10.0 Å². The van der Waals surface area contributed by atoms with E-state index in [0.29, 0.717) is 22.7 Å². The smallest absolute Gasteiger partial charge is 0.264 e. The summed E-state index contributed by atoms with van der Waals surface area (Å²) in [6, 6.07) is 18.0. The van der Waals surface area contributed by atoms with Gasteiger partial charge in [-0.2, -0.15) is 0 Å². The van der Waals surface area contributed by atoms with Gasteiger partial charge in [0.25, 0.3) is 10.0 Å². The van der Waals surface area contributed by atoms with Gasteiger partial charge in [-0.1, -0.05) is 24.3 Å². The minimum Gasteiger partial charge on any atom is -0.495 e. The zero-order valence-electron chi connectivity index (χ0n) is 17.1. The van der Waals surface area contributed by atoms with E-state index in [1.807, 2.05) is 0 Å². The van der Waals surface area contributed by atoms with Crippen LogP contribution < -0.4 is 13.8 Å². The number of carbonyl (C=O) groups excluding carboxylic acids is 1. The summed E-state index contributed by atoms with van der Waals surface area (Å²) in [5.74, 6) is 0.0366. The lowest BCUT2D eigenvalue weighted by molar-refractivity contribution is 0.101. The second-order valence-electron chi connectivity index (χ2n) is 6.60. The van der Waals surface area contributed by atoms with E-state index in [1.165, 1.54) is 26.2 Å². The fourth-order valence-electron chi connectivity index (χ4n) is 3.06. The first-order chi connectivity index (χ1) is 14.8. The molecule has 6 nitrogen and oxygen atoms in total. The van der Waals surface area contributed by atoms with Gasteiger partial charge in [-0.15, -0.1) is 0 Å². The summed E-state index contributed by atoms with van der Waals surface area (Å²) in [6.45, 7) is 1.34. The number of nitrogens with zero attached hydrogens (tertiary/aromatic N) is 1. The number of carbonyl (C=O) groups is 1. The first-order valence-electron chi connectivity index (χ1n) is 9.48. The van der Waals surface area contributed by atoms with E-state index in [0.717, 1.165) is 16.4 Å². The highest BCUT2D eigenvalue weighted by molar-refractivity contribution is 7.92. The van der Waals surface area contributed by atoms with Gasteiger partial charge in [0.2, 0.25) is 0 Å². The number of benzene rings is 3. The maximum absolute atomic E-state index is 13.4. The Bertz CT molecular complexity index is 1160. The number of hydrogen-bond donors (Lipinski definition) is 0. The Balaban J connectivity index is 1.94. The van der Waals surface area contributed by atoms with Crippen molar-refractivity contribution in [1.29, 1.82) is 0 Å². The fraction of sp³-hybridized carbons (Fsp3) is 0.174. The molecule has 0 spiro atoms. The lowest BCUT2D eigenvalue weighted by atomic mass is 10.1. The van der Waals surface area contributed by atoms with Crippen LogP contribution in [0.1, 0.15) is 17.3 Å². The molecule has 0 atom stereocenters. The molecular formula is C23H22FNO5S. The minimum absolute atomic E-state index is 0.0250. The Labute approximate surface area is 180 Å². The molecule has 0 aliphatic heterocycles. The van der Waals surface area contributed by atoms with Crippen LogP contribution in [0.3, 0.4) is 0 Å². The van der Waals surface area contributed by atoms with Gasteiger partial charge >= 0.3 is 0 Å². The predicted molar refractivity (Wildman–Crippen MR) is 116 cm³/mol. The number of rotatable bonds is 9. The maximum atomic E-state index is 13.4. The van der Waals surface area contributed by atoms with Crippen LogP contribution in [0.4, 0.5) is 10.1 Å². The predicted octanol–water partition coefficient (Wildman–Crippen LogP) is 4.31. The highest BCUT2D eigenvalue weighted by atomic mass is 32.2. The van der Waals surface area contributed by atoms with Gasteiger partial charge in [0.05, 0.1) is 29.8 Å². The second kappa shape index (κ2) is 9.61. The monoisotopic (exact) mass is 443 g/mol. The highest BCUT2D eigenvalue weighted by Crippen LogP contribution is 2.32. The molecule has 0 N–H and O–H groups in total. The molecule has 0 fully saturated rings. The van der Waals surface area contributed by atoms with Crippen molar-refractivity contribution in [3.8, 4) is 11.5 Å². The molecule has 0 heterocycles. The molecule has 0 bridgehead atoms. The van der Waals surface area contributed by atoms with Gasteiger partial charge in [-0.3, -0.25) is 9.10 Å². The number of halogens is 1. The summed E-state index contributed by atoms with van der Waals surface area (Å²) in [5, 5.41) is 0. The van der Waals surface area contributed by atoms with Crippen LogP contribution in [0, 0.1) is 5.82 Å². The topological polar surface area (TPSA) is 72.9 Å². The van der Waals surface area contributed by atoms with Crippen molar-refractivity contribution >= 4 is 21.5 Å². The van der Waals surface area contributed by atoms with E-state index < -0.39 is 15.8 Å². The highest BCUT2D eigenvalue weighted by Gasteiger charge is 2.27. The molecule has 0 aliphatic carbocycles. The van der Waals surface area contributed by atoms with Crippen LogP contribution in [0.5, 0.6) is 11.5 Å². The number of sulfonamides is 1. The number of para-hydroxylation sites is 3. The summed E-state index contributed by atoms with van der Waals surface area (Å²) in [7, 11) is -2.60. The van der Waals surface area contributed by atoms with Crippen molar-refractivity contribution < 1.29 is 27.1 Å². The van der Waals surface area contributed by atoms with Gasteiger partial charge < -0.3 is 9.47 Å². The molecule has 162 valence electrons. The molecule has 0 aromatic heterocycles. The van der Waals surface area contributed by atoms with Gasteiger partial charge in [-0.05, 0) is 55.5 Å². The molecule has 31 heavy (non-hydrogen) atoms. The summed E-state index contributed by atoms with van der Waals surface area (Å²) >= 11 is 0. The second-order valence-corrected chi connectivity index (χ2v) is 8.47. The third kappa shape index (κ3) is 5.03. The molecule has 0 aliphatic rings. The number of Topliss-reactive ketones (excluding diaryl/α,β-unsaturated/α-hetero) is 1. The van der Waals surface area contributed by atoms with E-state index >= 15 is 0 Å². The number of hydrogen-bond acceptors (Lipinski definition) is 5. The zero-order chi connectivity index (χ0) is 22.4. The lowest BCUT2D eigenvalue weighted by Gasteiger charge is -2.26. The van der Waals surface area contributed by atoms with E-state index in [1.54, 1.807) is 48.5 Å². The van der Waals surface area contributed by atoms with Crippen LogP contribution in [0.15, 0.2) is 77.7 Å². The standard InChI is InChI=1S/C23H22FNO5S/c1-17(26)20-7-3-5-9-22(20)30-16-15-25(21-8-4-6-10-23(21)29-2)31(27,28)19-13-11-18(24)12-14-19/h3-14H,15-16H2,1-2H3. The molecule has 0 radical (unpaired) electrons. The molecule has 3 rings (SSSR count). The van der Waals surface area contributed by atoms with E-state index in [4.69, 9.17) is 9.47 Å². The Morgan fingerprint density at radius 1 is 0.935 bits per heavy atom. The van der Waals surface area contributed by atoms with Crippen LogP contribution in [0.2, 0.25) is 0 Å². The maximum Gasteiger partial charge on any atom is 0.264 e. The summed E-state index contributed by atoms with van der Waals surface area (Å²) in [6.07, 6.45) is 0. The Hall–Kier alpha value is -3.39. The minimum atomic E-state index is -4.04.